The molecule has 1 aliphatic rings. The first-order chi connectivity index (χ1) is 9.93. The van der Waals surface area contributed by atoms with Gasteiger partial charge in [0.15, 0.2) is 0 Å². The van der Waals surface area contributed by atoms with Crippen LogP contribution in [0.4, 0.5) is 0 Å². The number of amides is 1. The molecule has 1 fully saturated rings. The summed E-state index contributed by atoms with van der Waals surface area (Å²) in [6, 6.07) is 6.78. The maximum Gasteiger partial charge on any atom is 0.266 e. The van der Waals surface area contributed by atoms with Crippen LogP contribution in [0.1, 0.15) is 25.0 Å². The highest BCUT2D eigenvalue weighted by molar-refractivity contribution is 8.26. The number of thioether (sulfide) groups is 1. The monoisotopic (exact) mass is 320 g/mol. The number of hydrogen-bond donors (Lipinski definition) is 0. The molecule has 6 heteroatoms. The zero-order chi connectivity index (χ0) is 15.6. The van der Waals surface area contributed by atoms with Crippen molar-refractivity contribution in [1.82, 2.24) is 4.90 Å². The molecule has 0 saturated carbocycles. The quantitative estimate of drug-likeness (QED) is 0.623. The molecule has 0 N–H and O–H groups in total. The lowest BCUT2D eigenvalue weighted by Crippen LogP contribution is -2.48. The second-order valence-corrected chi connectivity index (χ2v) is 6.32. The minimum atomic E-state index is -1.32. The fraction of sp³-hybridized carbons (Fsp3) is 0.267. The van der Waals surface area contributed by atoms with Gasteiger partial charge in [0.05, 0.1) is 16.9 Å². The molecule has 1 unspecified atom stereocenters. The average Bonchev–Trinajstić information content (AvgIpc) is 2.73. The second-order valence-electron chi connectivity index (χ2n) is 4.64. The fourth-order valence-corrected chi connectivity index (χ4v) is 3.34. The topological polar surface area (TPSA) is 60.4 Å². The van der Waals surface area contributed by atoms with Gasteiger partial charge in [-0.2, -0.15) is 0 Å². The molecule has 21 heavy (non-hydrogen) atoms. The molecule has 1 amide bonds. The Balaban J connectivity index is 2.25. The van der Waals surface area contributed by atoms with E-state index in [9.17, 15) is 14.7 Å². The summed E-state index contributed by atoms with van der Waals surface area (Å²) in [6.07, 6.45) is 2.67. The summed E-state index contributed by atoms with van der Waals surface area (Å²) < 4.78 is 0.244. The number of carboxylic acids is 1. The van der Waals surface area contributed by atoms with Gasteiger partial charge in [-0.3, -0.25) is 9.69 Å². The normalized spacial score (nSPS) is 18.4. The number of thiocarbonyl (C=S) groups is 1. The summed E-state index contributed by atoms with van der Waals surface area (Å²) in [5.74, 6) is -1.71. The smallest absolute Gasteiger partial charge is 0.266 e. The third-order valence-electron chi connectivity index (χ3n) is 3.24. The van der Waals surface area contributed by atoms with Gasteiger partial charge in [0.1, 0.15) is 4.32 Å². The Morgan fingerprint density at radius 3 is 2.57 bits per heavy atom. The average molecular weight is 320 g/mol. The molecule has 0 spiro atoms. The molecule has 1 atom stereocenters. The summed E-state index contributed by atoms with van der Waals surface area (Å²) >= 11 is 6.19. The highest BCUT2D eigenvalue weighted by atomic mass is 32.2. The number of aryl methyl sites for hydroxylation is 1. The van der Waals surface area contributed by atoms with Gasteiger partial charge in [-0.25, -0.2) is 0 Å². The van der Waals surface area contributed by atoms with Gasteiger partial charge in [-0.1, -0.05) is 55.2 Å². The van der Waals surface area contributed by atoms with E-state index in [2.05, 4.69) is 6.92 Å². The number of carbonyl (C=O) groups excluding carboxylic acids is 2. The minimum absolute atomic E-state index is 0.244. The Morgan fingerprint density at radius 1 is 1.43 bits per heavy atom. The summed E-state index contributed by atoms with van der Waals surface area (Å²) in [7, 11) is 0. The van der Waals surface area contributed by atoms with Gasteiger partial charge < -0.3 is 9.90 Å². The molecule has 2 rings (SSSR count). The molecule has 0 radical (unpaired) electrons. The van der Waals surface area contributed by atoms with Crippen LogP contribution < -0.4 is 5.11 Å². The van der Waals surface area contributed by atoms with E-state index in [4.69, 9.17) is 12.2 Å². The van der Waals surface area contributed by atoms with Crippen molar-refractivity contribution in [3.05, 3.63) is 40.3 Å². The number of carboxylic acid groups (broad SMARTS) is 1. The van der Waals surface area contributed by atoms with Gasteiger partial charge in [0.2, 0.25) is 0 Å². The van der Waals surface area contributed by atoms with Gasteiger partial charge in [-0.15, -0.1) is 0 Å². The van der Waals surface area contributed by atoms with Crippen LogP contribution in [0.2, 0.25) is 0 Å². The molecule has 1 heterocycles. The van der Waals surface area contributed by atoms with Crippen molar-refractivity contribution in [3.63, 3.8) is 0 Å². The lowest BCUT2D eigenvalue weighted by molar-refractivity contribution is -0.309. The molecule has 1 saturated heterocycles. The predicted octanol–water partition coefficient (Wildman–Crippen LogP) is 1.59. The van der Waals surface area contributed by atoms with Crippen molar-refractivity contribution in [2.24, 2.45) is 0 Å². The van der Waals surface area contributed by atoms with Crippen LogP contribution in [0.5, 0.6) is 0 Å². The third kappa shape index (κ3) is 3.33. The Kier molecular flexibility index (Phi) is 4.80. The van der Waals surface area contributed by atoms with E-state index in [1.54, 1.807) is 6.08 Å². The van der Waals surface area contributed by atoms with Gasteiger partial charge >= 0.3 is 0 Å². The van der Waals surface area contributed by atoms with Crippen LogP contribution in [-0.4, -0.2) is 27.1 Å². The summed E-state index contributed by atoms with van der Waals surface area (Å²) in [6.45, 7) is 3.46. The summed E-state index contributed by atoms with van der Waals surface area (Å²) in [5, 5.41) is 10.9. The van der Waals surface area contributed by atoms with Crippen LogP contribution in [-0.2, 0) is 16.0 Å². The minimum Gasteiger partial charge on any atom is -0.548 e. The number of benzene rings is 1. The van der Waals surface area contributed by atoms with E-state index in [0.717, 1.165) is 28.6 Å². The molecular weight excluding hydrogens is 306 g/mol. The number of nitrogens with zero attached hydrogens (tertiary/aromatic N) is 1. The Labute approximate surface area is 132 Å². The maximum absolute atomic E-state index is 12.2. The lowest BCUT2D eigenvalue weighted by atomic mass is 10.1. The molecule has 0 aromatic heterocycles. The van der Waals surface area contributed by atoms with E-state index in [-0.39, 0.29) is 10.2 Å². The zero-order valence-corrected chi connectivity index (χ0v) is 13.3. The van der Waals surface area contributed by atoms with Crippen molar-refractivity contribution in [2.45, 2.75) is 26.3 Å². The molecule has 1 aromatic carbocycles. The van der Waals surface area contributed by atoms with E-state index < -0.39 is 12.0 Å². The van der Waals surface area contributed by atoms with E-state index >= 15 is 0 Å². The SMILES string of the molecule is CCc1ccc(C=C2SC(=S)N(C(C)C(=O)[O-])C2=O)cc1. The first-order valence-electron chi connectivity index (χ1n) is 6.51. The molecule has 1 aliphatic heterocycles. The van der Waals surface area contributed by atoms with Crippen molar-refractivity contribution in [3.8, 4) is 0 Å². The molecular formula is C15H14NO3S2-. The lowest BCUT2D eigenvalue weighted by Gasteiger charge is -2.23. The van der Waals surface area contributed by atoms with Gasteiger partial charge in [-0.05, 0) is 30.5 Å². The van der Waals surface area contributed by atoms with E-state index in [1.165, 1.54) is 12.5 Å². The first-order valence-corrected chi connectivity index (χ1v) is 7.73. The maximum atomic E-state index is 12.2. The summed E-state index contributed by atoms with van der Waals surface area (Å²) in [4.78, 5) is 24.7. The summed E-state index contributed by atoms with van der Waals surface area (Å²) in [5.41, 5.74) is 2.10. The second kappa shape index (κ2) is 6.41. The molecule has 0 bridgehead atoms. The van der Waals surface area contributed by atoms with Crippen molar-refractivity contribution < 1.29 is 14.7 Å². The van der Waals surface area contributed by atoms with Crippen LogP contribution in [0, 0.1) is 0 Å². The molecule has 1 aromatic rings. The number of rotatable bonds is 4. The molecule has 110 valence electrons. The van der Waals surface area contributed by atoms with Crippen LogP contribution in [0.15, 0.2) is 29.2 Å². The van der Waals surface area contributed by atoms with E-state index in [0.29, 0.717) is 4.91 Å². The van der Waals surface area contributed by atoms with Crippen molar-refractivity contribution in [1.29, 1.82) is 0 Å². The van der Waals surface area contributed by atoms with Crippen LogP contribution in [0.25, 0.3) is 6.08 Å². The standard InChI is InChI=1S/C15H15NO3S2/c1-3-10-4-6-11(7-5-10)8-12-13(17)16(15(20)21-12)9(2)14(18)19/h4-9H,3H2,1-2H3,(H,18,19)/p-1. The predicted molar refractivity (Wildman–Crippen MR) is 85.3 cm³/mol. The highest BCUT2D eigenvalue weighted by Gasteiger charge is 2.35. The van der Waals surface area contributed by atoms with Gasteiger partial charge in [0, 0.05) is 0 Å². The fourth-order valence-electron chi connectivity index (χ4n) is 1.92. The zero-order valence-electron chi connectivity index (χ0n) is 11.7. The van der Waals surface area contributed by atoms with Crippen molar-refractivity contribution in [2.75, 3.05) is 0 Å². The molecule has 4 nitrogen and oxygen atoms in total. The number of hydrogen-bond acceptors (Lipinski definition) is 5. The first kappa shape index (κ1) is 15.7. The van der Waals surface area contributed by atoms with Crippen LogP contribution in [0.3, 0.4) is 0 Å². The van der Waals surface area contributed by atoms with E-state index in [1.807, 2.05) is 24.3 Å². The van der Waals surface area contributed by atoms with Crippen LogP contribution >= 0.6 is 24.0 Å². The Hall–Kier alpha value is -1.66. The van der Waals surface area contributed by atoms with Crippen molar-refractivity contribution >= 4 is 46.3 Å². The largest absolute Gasteiger partial charge is 0.548 e. The molecule has 0 aliphatic carbocycles. The third-order valence-corrected chi connectivity index (χ3v) is 4.57. The number of carbonyl (C=O) groups is 2. The highest BCUT2D eigenvalue weighted by Crippen LogP contribution is 2.33. The Morgan fingerprint density at radius 2 is 2.05 bits per heavy atom. The number of aliphatic carboxylic acids is 1. The Bertz CT molecular complexity index is 622. The van der Waals surface area contributed by atoms with Gasteiger partial charge in [0.25, 0.3) is 5.91 Å².